The molecule has 2 aromatic rings. The fourth-order valence-electron chi connectivity index (χ4n) is 2.80. The van der Waals surface area contributed by atoms with Crippen LogP contribution >= 0.6 is 0 Å². The molecule has 1 aromatic heterocycles. The summed E-state index contributed by atoms with van der Waals surface area (Å²) in [7, 11) is 0. The number of carbonyl (C=O) groups is 1. The molecular formula is C17H19N3O3. The average molecular weight is 313 g/mol. The van der Waals surface area contributed by atoms with Crippen molar-refractivity contribution in [2.75, 3.05) is 18.0 Å². The highest BCUT2D eigenvalue weighted by Gasteiger charge is 2.25. The minimum Gasteiger partial charge on any atom is -0.481 e. The zero-order valence-electron chi connectivity index (χ0n) is 13.0. The smallest absolute Gasteiger partial charge is 0.306 e. The first kappa shape index (κ1) is 15.3. The van der Waals surface area contributed by atoms with E-state index in [1.807, 2.05) is 36.1 Å². The summed E-state index contributed by atoms with van der Waals surface area (Å²) < 4.78 is 1.39. The van der Waals surface area contributed by atoms with Crippen molar-refractivity contribution in [3.05, 3.63) is 52.3 Å². The van der Waals surface area contributed by atoms with Crippen LogP contribution in [0.15, 0.2) is 41.2 Å². The summed E-state index contributed by atoms with van der Waals surface area (Å²) in [6.45, 7) is 3.26. The summed E-state index contributed by atoms with van der Waals surface area (Å²) in [6.07, 6.45) is 1.20. The predicted molar refractivity (Wildman–Crippen MR) is 87.1 cm³/mol. The molecule has 1 aromatic carbocycles. The van der Waals surface area contributed by atoms with Crippen molar-refractivity contribution in [1.29, 1.82) is 0 Å². The molecule has 3 rings (SSSR count). The van der Waals surface area contributed by atoms with E-state index in [0.717, 1.165) is 11.3 Å². The summed E-state index contributed by atoms with van der Waals surface area (Å²) in [4.78, 5) is 25.1. The van der Waals surface area contributed by atoms with Gasteiger partial charge in [0.25, 0.3) is 5.56 Å². The molecule has 0 unspecified atom stereocenters. The Morgan fingerprint density at radius 3 is 2.39 bits per heavy atom. The molecule has 1 aliphatic rings. The Morgan fingerprint density at radius 2 is 1.78 bits per heavy atom. The van der Waals surface area contributed by atoms with Gasteiger partial charge in [0.05, 0.1) is 11.6 Å². The fourth-order valence-corrected chi connectivity index (χ4v) is 2.80. The number of aliphatic carboxylic acids is 1. The number of hydrogen-bond donors (Lipinski definition) is 1. The van der Waals surface area contributed by atoms with Gasteiger partial charge in [-0.15, -0.1) is 5.10 Å². The number of nitrogens with zero attached hydrogens (tertiary/aromatic N) is 3. The van der Waals surface area contributed by atoms with Gasteiger partial charge < -0.3 is 10.0 Å². The van der Waals surface area contributed by atoms with Gasteiger partial charge in [0.1, 0.15) is 5.82 Å². The summed E-state index contributed by atoms with van der Waals surface area (Å²) >= 11 is 0. The van der Waals surface area contributed by atoms with Crippen LogP contribution in [0.1, 0.15) is 18.4 Å². The lowest BCUT2D eigenvalue weighted by molar-refractivity contribution is -0.142. The third-order valence-corrected chi connectivity index (χ3v) is 4.23. The van der Waals surface area contributed by atoms with E-state index in [2.05, 4.69) is 5.10 Å². The van der Waals surface area contributed by atoms with Crippen LogP contribution in [0.3, 0.4) is 0 Å². The quantitative estimate of drug-likeness (QED) is 0.936. The van der Waals surface area contributed by atoms with Crippen molar-refractivity contribution in [3.63, 3.8) is 0 Å². The summed E-state index contributed by atoms with van der Waals surface area (Å²) in [5, 5.41) is 13.5. The van der Waals surface area contributed by atoms with E-state index >= 15 is 0 Å². The van der Waals surface area contributed by atoms with E-state index < -0.39 is 5.97 Å². The molecule has 23 heavy (non-hydrogen) atoms. The van der Waals surface area contributed by atoms with Crippen molar-refractivity contribution in [2.45, 2.75) is 19.8 Å². The Kier molecular flexibility index (Phi) is 4.14. The first-order chi connectivity index (χ1) is 11.0. The predicted octanol–water partition coefficient (Wildman–Crippen LogP) is 1.84. The lowest BCUT2D eigenvalue weighted by Gasteiger charge is -2.31. The molecule has 6 nitrogen and oxygen atoms in total. The molecule has 0 spiro atoms. The molecule has 1 N–H and O–H groups in total. The monoisotopic (exact) mass is 313 g/mol. The highest BCUT2D eigenvalue weighted by atomic mass is 16.4. The van der Waals surface area contributed by atoms with E-state index in [1.165, 1.54) is 10.7 Å². The number of aryl methyl sites for hydroxylation is 1. The molecule has 120 valence electrons. The van der Waals surface area contributed by atoms with Crippen molar-refractivity contribution in [2.24, 2.45) is 5.92 Å². The van der Waals surface area contributed by atoms with Crippen LogP contribution in [-0.4, -0.2) is 33.9 Å². The minimum absolute atomic E-state index is 0.182. The number of benzene rings is 1. The van der Waals surface area contributed by atoms with Gasteiger partial charge in [0.15, 0.2) is 0 Å². The van der Waals surface area contributed by atoms with Gasteiger partial charge in [-0.2, -0.15) is 4.68 Å². The average Bonchev–Trinajstić information content (AvgIpc) is 2.56. The first-order valence-electron chi connectivity index (χ1n) is 7.70. The van der Waals surface area contributed by atoms with Gasteiger partial charge in [-0.05, 0) is 38.0 Å². The lowest BCUT2D eigenvalue weighted by Crippen LogP contribution is -2.37. The first-order valence-corrected chi connectivity index (χ1v) is 7.70. The van der Waals surface area contributed by atoms with Gasteiger partial charge in [0, 0.05) is 19.2 Å². The highest BCUT2D eigenvalue weighted by molar-refractivity contribution is 5.70. The van der Waals surface area contributed by atoms with Crippen molar-refractivity contribution >= 4 is 11.8 Å². The van der Waals surface area contributed by atoms with Crippen LogP contribution < -0.4 is 10.5 Å². The van der Waals surface area contributed by atoms with Gasteiger partial charge in [0.2, 0.25) is 0 Å². The fraction of sp³-hybridized carbons (Fsp3) is 0.353. The second kappa shape index (κ2) is 6.24. The molecule has 0 atom stereocenters. The number of carboxylic acid groups (broad SMARTS) is 1. The Morgan fingerprint density at radius 1 is 1.13 bits per heavy atom. The number of carboxylic acids is 1. The Labute approximate surface area is 134 Å². The van der Waals surface area contributed by atoms with Crippen LogP contribution in [0.5, 0.6) is 0 Å². The zero-order valence-corrected chi connectivity index (χ0v) is 13.0. The topological polar surface area (TPSA) is 75.4 Å². The van der Waals surface area contributed by atoms with Crippen LogP contribution in [0.2, 0.25) is 0 Å². The SMILES string of the molecule is Cc1ccc(-n2nc(N3CCC(C(=O)O)CC3)ccc2=O)cc1. The van der Waals surface area contributed by atoms with Crippen molar-refractivity contribution in [3.8, 4) is 5.69 Å². The van der Waals surface area contributed by atoms with E-state index in [4.69, 9.17) is 5.11 Å². The lowest BCUT2D eigenvalue weighted by atomic mass is 9.97. The molecule has 1 saturated heterocycles. The normalized spacial score (nSPS) is 15.6. The molecule has 0 bridgehead atoms. The number of hydrogen-bond acceptors (Lipinski definition) is 4. The van der Waals surface area contributed by atoms with E-state index in [1.54, 1.807) is 6.07 Å². The second-order valence-corrected chi connectivity index (χ2v) is 5.88. The summed E-state index contributed by atoms with van der Waals surface area (Å²) in [5.74, 6) is -0.314. The second-order valence-electron chi connectivity index (χ2n) is 5.88. The van der Waals surface area contributed by atoms with Crippen molar-refractivity contribution < 1.29 is 9.90 Å². The molecule has 1 fully saturated rings. The molecule has 0 saturated carbocycles. The molecule has 1 aliphatic heterocycles. The van der Waals surface area contributed by atoms with E-state index in [0.29, 0.717) is 31.7 Å². The van der Waals surface area contributed by atoms with Crippen LogP contribution in [0, 0.1) is 12.8 Å². The molecular weight excluding hydrogens is 294 g/mol. The van der Waals surface area contributed by atoms with Crippen LogP contribution in [0.4, 0.5) is 5.82 Å². The van der Waals surface area contributed by atoms with E-state index in [9.17, 15) is 9.59 Å². The molecule has 6 heteroatoms. The van der Waals surface area contributed by atoms with Crippen molar-refractivity contribution in [1.82, 2.24) is 9.78 Å². The van der Waals surface area contributed by atoms with Crippen LogP contribution in [0.25, 0.3) is 5.69 Å². The largest absolute Gasteiger partial charge is 0.481 e. The Balaban J connectivity index is 1.85. The Hall–Kier alpha value is -2.63. The summed E-state index contributed by atoms with van der Waals surface area (Å²) in [6, 6.07) is 10.8. The maximum absolute atomic E-state index is 12.1. The van der Waals surface area contributed by atoms with Gasteiger partial charge >= 0.3 is 5.97 Å². The standard InChI is InChI=1S/C17H19N3O3/c1-12-2-4-14(5-3-12)20-16(21)7-6-15(18-20)19-10-8-13(9-11-19)17(22)23/h2-7,13H,8-11H2,1H3,(H,22,23). The van der Waals surface area contributed by atoms with E-state index in [-0.39, 0.29) is 11.5 Å². The zero-order chi connectivity index (χ0) is 16.4. The number of anilines is 1. The molecule has 2 heterocycles. The van der Waals surface area contributed by atoms with Crippen LogP contribution in [-0.2, 0) is 4.79 Å². The molecule has 0 aliphatic carbocycles. The third-order valence-electron chi connectivity index (χ3n) is 4.23. The third kappa shape index (κ3) is 3.26. The number of aromatic nitrogens is 2. The number of piperidine rings is 1. The molecule has 0 radical (unpaired) electrons. The maximum Gasteiger partial charge on any atom is 0.306 e. The van der Waals surface area contributed by atoms with Gasteiger partial charge in [-0.3, -0.25) is 9.59 Å². The summed E-state index contributed by atoms with van der Waals surface area (Å²) in [5.41, 5.74) is 1.66. The molecule has 0 amide bonds. The van der Waals surface area contributed by atoms with Gasteiger partial charge in [-0.1, -0.05) is 17.7 Å². The van der Waals surface area contributed by atoms with Gasteiger partial charge in [-0.25, -0.2) is 0 Å². The minimum atomic E-state index is -0.734. The Bertz CT molecular complexity index is 759. The number of rotatable bonds is 3. The maximum atomic E-state index is 12.1. The highest BCUT2D eigenvalue weighted by Crippen LogP contribution is 2.21.